The van der Waals surface area contributed by atoms with E-state index in [0.717, 1.165) is 53.4 Å². The lowest BCUT2D eigenvalue weighted by molar-refractivity contribution is -0.118. The third-order valence-electron chi connectivity index (χ3n) is 4.81. The fourth-order valence-electron chi connectivity index (χ4n) is 3.71. The van der Waals surface area contributed by atoms with E-state index in [4.69, 9.17) is 16.5 Å². The SMILES string of the molecule is CCCc1nc2c(N)nc3ccccc3c2n1C(CCC)CCC(N)=O. The molecule has 0 fully saturated rings. The maximum atomic E-state index is 11.4. The van der Waals surface area contributed by atoms with Crippen LogP contribution in [0.3, 0.4) is 0 Å². The summed E-state index contributed by atoms with van der Waals surface area (Å²) in [5, 5.41) is 1.05. The van der Waals surface area contributed by atoms with E-state index >= 15 is 0 Å². The topological polar surface area (TPSA) is 99.8 Å². The Morgan fingerprint density at radius 3 is 2.62 bits per heavy atom. The number of hydrogen-bond acceptors (Lipinski definition) is 4. The molecule has 0 saturated carbocycles. The summed E-state index contributed by atoms with van der Waals surface area (Å²) >= 11 is 0. The lowest BCUT2D eigenvalue weighted by Crippen LogP contribution is -2.17. The van der Waals surface area contributed by atoms with Gasteiger partial charge in [0, 0.05) is 24.3 Å². The van der Waals surface area contributed by atoms with Gasteiger partial charge < -0.3 is 16.0 Å². The standard InChI is InChI=1S/C20H27N5O/c1-3-7-13(11-12-16(21)26)25-17(8-4-2)24-18-19(25)14-9-5-6-10-15(14)23-20(18)22/h5-6,9-10,13H,3-4,7-8,11-12H2,1-2H3,(H2,21,26)(H2,22,23). The number of nitrogens with zero attached hydrogens (tertiary/aromatic N) is 3. The van der Waals surface area contributed by atoms with Crippen molar-refractivity contribution in [1.82, 2.24) is 14.5 Å². The van der Waals surface area contributed by atoms with E-state index < -0.39 is 0 Å². The molecule has 0 aliphatic heterocycles. The summed E-state index contributed by atoms with van der Waals surface area (Å²) in [6.45, 7) is 4.30. The van der Waals surface area contributed by atoms with Crippen molar-refractivity contribution in [3.05, 3.63) is 30.1 Å². The van der Waals surface area contributed by atoms with Crippen molar-refractivity contribution >= 4 is 33.7 Å². The van der Waals surface area contributed by atoms with E-state index in [1.165, 1.54) is 0 Å². The van der Waals surface area contributed by atoms with Gasteiger partial charge in [-0.1, -0.05) is 38.5 Å². The summed E-state index contributed by atoms with van der Waals surface area (Å²) in [5.41, 5.74) is 14.3. The average Bonchev–Trinajstić information content (AvgIpc) is 2.99. The number of imidazole rings is 1. The first kappa shape index (κ1) is 18.2. The number of carbonyl (C=O) groups is 1. The number of aromatic nitrogens is 3. The van der Waals surface area contributed by atoms with Crippen LogP contribution in [0.5, 0.6) is 0 Å². The van der Waals surface area contributed by atoms with Crippen molar-refractivity contribution in [3.8, 4) is 0 Å². The minimum absolute atomic E-state index is 0.171. The van der Waals surface area contributed by atoms with Gasteiger partial charge in [-0.05, 0) is 25.3 Å². The number of aryl methyl sites for hydroxylation is 1. The molecule has 0 spiro atoms. The number of hydrogen-bond donors (Lipinski definition) is 2. The van der Waals surface area contributed by atoms with E-state index in [2.05, 4.69) is 29.5 Å². The number of anilines is 1. The number of primary amides is 1. The second-order valence-corrected chi connectivity index (χ2v) is 6.81. The monoisotopic (exact) mass is 353 g/mol. The molecule has 6 heteroatoms. The fourth-order valence-corrected chi connectivity index (χ4v) is 3.71. The van der Waals surface area contributed by atoms with Crippen molar-refractivity contribution in [2.24, 2.45) is 5.73 Å². The van der Waals surface area contributed by atoms with Crippen LogP contribution in [0.2, 0.25) is 0 Å². The van der Waals surface area contributed by atoms with Gasteiger partial charge in [0.1, 0.15) is 11.3 Å². The van der Waals surface area contributed by atoms with Crippen molar-refractivity contribution in [3.63, 3.8) is 0 Å². The minimum atomic E-state index is -0.265. The van der Waals surface area contributed by atoms with Crippen molar-refractivity contribution < 1.29 is 4.79 Å². The number of fused-ring (bicyclic) bond motifs is 3. The van der Waals surface area contributed by atoms with Crippen LogP contribution >= 0.6 is 0 Å². The fraction of sp³-hybridized carbons (Fsp3) is 0.450. The van der Waals surface area contributed by atoms with Crippen LogP contribution in [0.15, 0.2) is 24.3 Å². The molecule has 0 aliphatic rings. The maximum absolute atomic E-state index is 11.4. The zero-order chi connectivity index (χ0) is 18.7. The molecule has 138 valence electrons. The Hall–Kier alpha value is -2.63. The molecular weight excluding hydrogens is 326 g/mol. The third-order valence-corrected chi connectivity index (χ3v) is 4.81. The number of pyridine rings is 1. The molecule has 26 heavy (non-hydrogen) atoms. The quantitative estimate of drug-likeness (QED) is 0.644. The number of carbonyl (C=O) groups excluding carboxylic acids is 1. The third kappa shape index (κ3) is 3.36. The number of benzene rings is 1. The molecule has 0 radical (unpaired) electrons. The first-order chi connectivity index (χ1) is 12.6. The summed E-state index contributed by atoms with van der Waals surface area (Å²) in [6.07, 6.45) is 4.91. The van der Waals surface area contributed by atoms with E-state index in [-0.39, 0.29) is 11.9 Å². The predicted octanol–water partition coefficient (Wildman–Crippen LogP) is 3.73. The van der Waals surface area contributed by atoms with Crippen molar-refractivity contribution in [1.29, 1.82) is 0 Å². The summed E-state index contributed by atoms with van der Waals surface area (Å²) in [6, 6.07) is 8.18. The summed E-state index contributed by atoms with van der Waals surface area (Å²) in [5.74, 6) is 1.20. The lowest BCUT2D eigenvalue weighted by Gasteiger charge is -2.22. The molecule has 1 amide bonds. The molecule has 4 N–H and O–H groups in total. The van der Waals surface area contributed by atoms with Gasteiger partial charge in [-0.25, -0.2) is 9.97 Å². The van der Waals surface area contributed by atoms with Gasteiger partial charge in [-0.15, -0.1) is 0 Å². The van der Waals surface area contributed by atoms with Crippen LogP contribution < -0.4 is 11.5 Å². The first-order valence-corrected chi connectivity index (χ1v) is 9.40. The number of nitrogen functional groups attached to an aromatic ring is 1. The Morgan fingerprint density at radius 1 is 1.15 bits per heavy atom. The summed E-state index contributed by atoms with van der Waals surface area (Å²) in [4.78, 5) is 20.8. The Bertz CT molecular complexity index is 931. The number of nitrogens with two attached hydrogens (primary N) is 2. The number of amides is 1. The van der Waals surface area contributed by atoms with Gasteiger partial charge in [0.15, 0.2) is 5.82 Å². The van der Waals surface area contributed by atoms with Gasteiger partial charge in [0.2, 0.25) is 5.91 Å². The molecule has 3 rings (SSSR count). The van der Waals surface area contributed by atoms with E-state index in [0.29, 0.717) is 18.7 Å². The molecule has 3 aromatic rings. The molecule has 6 nitrogen and oxygen atoms in total. The number of rotatable bonds is 8. The Morgan fingerprint density at radius 2 is 1.92 bits per heavy atom. The van der Waals surface area contributed by atoms with Crippen LogP contribution in [-0.4, -0.2) is 20.4 Å². The second-order valence-electron chi connectivity index (χ2n) is 6.81. The second kappa shape index (κ2) is 7.72. The normalized spacial score (nSPS) is 12.7. The molecule has 0 saturated heterocycles. The van der Waals surface area contributed by atoms with Crippen LogP contribution in [0.1, 0.15) is 57.8 Å². The Labute approximate surface area is 153 Å². The molecule has 1 aromatic carbocycles. The zero-order valence-corrected chi connectivity index (χ0v) is 15.5. The van der Waals surface area contributed by atoms with Crippen molar-refractivity contribution in [2.45, 2.75) is 58.4 Å². The molecule has 1 unspecified atom stereocenters. The van der Waals surface area contributed by atoms with Crippen molar-refractivity contribution in [2.75, 3.05) is 5.73 Å². The predicted molar refractivity (Wildman–Crippen MR) is 106 cm³/mol. The van der Waals surface area contributed by atoms with Gasteiger partial charge >= 0.3 is 0 Å². The van der Waals surface area contributed by atoms with Gasteiger partial charge in [-0.3, -0.25) is 4.79 Å². The van der Waals surface area contributed by atoms with Gasteiger partial charge in [-0.2, -0.15) is 0 Å². The molecule has 0 aliphatic carbocycles. The smallest absolute Gasteiger partial charge is 0.217 e. The largest absolute Gasteiger partial charge is 0.382 e. The molecular formula is C20H27N5O. The molecule has 0 bridgehead atoms. The minimum Gasteiger partial charge on any atom is -0.382 e. The van der Waals surface area contributed by atoms with Crippen LogP contribution in [0.4, 0.5) is 5.82 Å². The Kier molecular flexibility index (Phi) is 5.40. The highest BCUT2D eigenvalue weighted by molar-refractivity contribution is 6.06. The molecule has 2 aromatic heterocycles. The summed E-state index contributed by atoms with van der Waals surface area (Å²) < 4.78 is 2.30. The highest BCUT2D eigenvalue weighted by Gasteiger charge is 2.22. The van der Waals surface area contributed by atoms with E-state index in [9.17, 15) is 4.79 Å². The zero-order valence-electron chi connectivity index (χ0n) is 15.5. The van der Waals surface area contributed by atoms with Crippen LogP contribution in [0, 0.1) is 0 Å². The Balaban J connectivity index is 2.28. The number of para-hydroxylation sites is 1. The van der Waals surface area contributed by atoms with Crippen LogP contribution in [0.25, 0.3) is 21.9 Å². The average molecular weight is 353 g/mol. The van der Waals surface area contributed by atoms with Crippen LogP contribution in [-0.2, 0) is 11.2 Å². The molecule has 2 heterocycles. The molecule has 1 atom stereocenters. The highest BCUT2D eigenvalue weighted by Crippen LogP contribution is 2.34. The lowest BCUT2D eigenvalue weighted by atomic mass is 10.0. The summed E-state index contributed by atoms with van der Waals surface area (Å²) in [7, 11) is 0. The van der Waals surface area contributed by atoms with E-state index in [1.807, 2.05) is 18.2 Å². The first-order valence-electron chi connectivity index (χ1n) is 9.40. The van der Waals surface area contributed by atoms with Gasteiger partial charge in [0.05, 0.1) is 11.0 Å². The maximum Gasteiger partial charge on any atom is 0.217 e. The van der Waals surface area contributed by atoms with Gasteiger partial charge in [0.25, 0.3) is 0 Å². The van der Waals surface area contributed by atoms with E-state index in [1.54, 1.807) is 0 Å². The highest BCUT2D eigenvalue weighted by atomic mass is 16.1.